The van der Waals surface area contributed by atoms with Crippen molar-refractivity contribution in [1.29, 1.82) is 0 Å². The van der Waals surface area contributed by atoms with Crippen molar-refractivity contribution in [2.45, 2.75) is 58.5 Å². The van der Waals surface area contributed by atoms with E-state index in [1.165, 1.54) is 12.8 Å². The summed E-state index contributed by atoms with van der Waals surface area (Å²) in [7, 11) is 0. The molecule has 0 spiro atoms. The molecule has 0 aliphatic heterocycles. The lowest BCUT2D eigenvalue weighted by molar-refractivity contribution is 0.339. The second kappa shape index (κ2) is 5.55. The van der Waals surface area contributed by atoms with Gasteiger partial charge in [0.2, 0.25) is 0 Å². The van der Waals surface area contributed by atoms with Crippen LogP contribution in [0.15, 0.2) is 0 Å². The minimum absolute atomic E-state index is 0.198. The Hall–Kier alpha value is -0.0800. The molecule has 74 valence electrons. The summed E-state index contributed by atoms with van der Waals surface area (Å²) in [6.45, 7) is 9.80. The molecular formula is C10H24N2. The Balaban J connectivity index is 3.56. The summed E-state index contributed by atoms with van der Waals surface area (Å²) in [5.41, 5.74) is 5.94. The van der Waals surface area contributed by atoms with E-state index in [0.29, 0.717) is 0 Å². The van der Waals surface area contributed by atoms with Crippen LogP contribution >= 0.6 is 0 Å². The molecule has 0 aliphatic carbocycles. The van der Waals surface area contributed by atoms with Crippen LogP contribution in [0.4, 0.5) is 0 Å². The van der Waals surface area contributed by atoms with Crippen LogP contribution in [0.1, 0.15) is 47.0 Å². The molecule has 2 heteroatoms. The van der Waals surface area contributed by atoms with E-state index in [1.807, 2.05) is 0 Å². The molecule has 0 rings (SSSR count). The van der Waals surface area contributed by atoms with E-state index < -0.39 is 0 Å². The van der Waals surface area contributed by atoms with E-state index in [1.54, 1.807) is 0 Å². The molecule has 2 nitrogen and oxygen atoms in total. The summed E-state index contributed by atoms with van der Waals surface area (Å²) in [6, 6.07) is 0.286. The third kappa shape index (κ3) is 6.62. The van der Waals surface area contributed by atoms with Crippen LogP contribution in [-0.2, 0) is 0 Å². The van der Waals surface area contributed by atoms with Crippen molar-refractivity contribution in [3.05, 3.63) is 0 Å². The van der Waals surface area contributed by atoms with Gasteiger partial charge in [0.15, 0.2) is 0 Å². The van der Waals surface area contributed by atoms with Gasteiger partial charge in [-0.05, 0) is 40.2 Å². The van der Waals surface area contributed by atoms with Gasteiger partial charge >= 0.3 is 0 Å². The minimum atomic E-state index is 0.198. The van der Waals surface area contributed by atoms with Gasteiger partial charge in [0, 0.05) is 11.6 Å². The Kier molecular flexibility index (Phi) is 5.51. The number of unbranched alkanes of at least 4 members (excludes halogenated alkanes) is 1. The smallest absolute Gasteiger partial charge is 0.0139 e. The average molecular weight is 172 g/mol. The fraction of sp³-hybridized carbons (Fsp3) is 1.00. The number of hydrogen-bond acceptors (Lipinski definition) is 2. The highest BCUT2D eigenvalue weighted by atomic mass is 15.0. The van der Waals surface area contributed by atoms with Gasteiger partial charge in [-0.15, -0.1) is 0 Å². The maximum atomic E-state index is 5.74. The molecule has 1 atom stereocenters. The number of rotatable bonds is 6. The normalized spacial score (nSPS) is 14.8. The monoisotopic (exact) mass is 172 g/mol. The molecule has 0 bridgehead atoms. The van der Waals surface area contributed by atoms with Crippen LogP contribution in [0.5, 0.6) is 0 Å². The zero-order valence-electron chi connectivity index (χ0n) is 8.98. The Labute approximate surface area is 76.9 Å². The first-order valence-electron chi connectivity index (χ1n) is 4.98. The highest BCUT2D eigenvalue weighted by molar-refractivity contribution is 4.80. The molecule has 0 fully saturated rings. The lowest BCUT2D eigenvalue weighted by atomic mass is 9.96. The predicted molar refractivity (Wildman–Crippen MR) is 55.3 cm³/mol. The molecule has 0 aromatic rings. The molecule has 0 radical (unpaired) electrons. The molecule has 12 heavy (non-hydrogen) atoms. The largest absolute Gasteiger partial charge is 0.328 e. The zero-order valence-corrected chi connectivity index (χ0v) is 8.98. The summed E-state index contributed by atoms with van der Waals surface area (Å²) in [5, 5.41) is 3.51. The number of nitrogens with two attached hydrogens (primary N) is 1. The third-order valence-electron chi connectivity index (χ3n) is 1.97. The Morgan fingerprint density at radius 1 is 1.42 bits per heavy atom. The first-order chi connectivity index (χ1) is 5.48. The quantitative estimate of drug-likeness (QED) is 0.600. The zero-order chi connectivity index (χ0) is 9.61. The van der Waals surface area contributed by atoms with E-state index in [4.69, 9.17) is 5.73 Å². The van der Waals surface area contributed by atoms with Crippen LogP contribution in [-0.4, -0.2) is 18.1 Å². The molecule has 0 aliphatic rings. The first-order valence-corrected chi connectivity index (χ1v) is 4.98. The first kappa shape index (κ1) is 11.9. The molecule has 0 aromatic carbocycles. The van der Waals surface area contributed by atoms with Gasteiger partial charge in [-0.1, -0.05) is 13.3 Å². The number of nitrogens with one attached hydrogen (secondary N) is 1. The highest BCUT2D eigenvalue weighted by Crippen LogP contribution is 2.09. The summed E-state index contributed by atoms with van der Waals surface area (Å²) in [6.07, 6.45) is 3.54. The predicted octanol–water partition coefficient (Wildman–Crippen LogP) is 1.89. The maximum absolute atomic E-state index is 5.74. The van der Waals surface area contributed by atoms with Crippen molar-refractivity contribution in [3.8, 4) is 0 Å². The van der Waals surface area contributed by atoms with Crippen LogP contribution in [0.2, 0.25) is 0 Å². The van der Waals surface area contributed by atoms with Crippen LogP contribution < -0.4 is 11.1 Å². The van der Waals surface area contributed by atoms with Crippen molar-refractivity contribution < 1.29 is 0 Å². The van der Waals surface area contributed by atoms with E-state index >= 15 is 0 Å². The number of hydrogen-bond donors (Lipinski definition) is 2. The molecule has 0 aromatic heterocycles. The standard InChI is InChI=1S/C10H24N2/c1-5-6-7-12-10(3,4)8-9(2)11/h9,12H,5-8,11H2,1-4H3. The summed E-state index contributed by atoms with van der Waals surface area (Å²) in [5.74, 6) is 0. The van der Waals surface area contributed by atoms with E-state index in [2.05, 4.69) is 33.0 Å². The van der Waals surface area contributed by atoms with Crippen molar-refractivity contribution in [3.63, 3.8) is 0 Å². The van der Waals surface area contributed by atoms with Crippen molar-refractivity contribution >= 4 is 0 Å². The second-order valence-electron chi connectivity index (χ2n) is 4.35. The molecule has 3 N–H and O–H groups in total. The summed E-state index contributed by atoms with van der Waals surface area (Å²) < 4.78 is 0. The Bertz CT molecular complexity index is 108. The van der Waals surface area contributed by atoms with Gasteiger partial charge in [-0.3, -0.25) is 0 Å². The SMILES string of the molecule is CCCCNC(C)(C)CC(C)N. The molecule has 0 heterocycles. The van der Waals surface area contributed by atoms with Crippen LogP contribution in [0.25, 0.3) is 0 Å². The van der Waals surface area contributed by atoms with Crippen LogP contribution in [0, 0.1) is 0 Å². The topological polar surface area (TPSA) is 38.0 Å². The summed E-state index contributed by atoms with van der Waals surface area (Å²) >= 11 is 0. The minimum Gasteiger partial charge on any atom is -0.328 e. The second-order valence-corrected chi connectivity index (χ2v) is 4.35. The Morgan fingerprint density at radius 3 is 2.42 bits per heavy atom. The molecular weight excluding hydrogens is 148 g/mol. The molecule has 0 saturated carbocycles. The molecule has 0 amide bonds. The fourth-order valence-electron chi connectivity index (χ4n) is 1.48. The van der Waals surface area contributed by atoms with Crippen LogP contribution in [0.3, 0.4) is 0 Å². The van der Waals surface area contributed by atoms with Crippen molar-refractivity contribution in [1.82, 2.24) is 5.32 Å². The van der Waals surface area contributed by atoms with Gasteiger partial charge < -0.3 is 11.1 Å². The van der Waals surface area contributed by atoms with Gasteiger partial charge in [0.05, 0.1) is 0 Å². The van der Waals surface area contributed by atoms with Gasteiger partial charge in [0.25, 0.3) is 0 Å². The van der Waals surface area contributed by atoms with E-state index in [-0.39, 0.29) is 11.6 Å². The fourth-order valence-corrected chi connectivity index (χ4v) is 1.48. The highest BCUT2D eigenvalue weighted by Gasteiger charge is 2.17. The maximum Gasteiger partial charge on any atom is 0.0139 e. The molecule has 0 saturated heterocycles. The lowest BCUT2D eigenvalue weighted by Crippen LogP contribution is -2.43. The lowest BCUT2D eigenvalue weighted by Gasteiger charge is -2.28. The van der Waals surface area contributed by atoms with Gasteiger partial charge in [0.1, 0.15) is 0 Å². The van der Waals surface area contributed by atoms with Gasteiger partial charge in [-0.25, -0.2) is 0 Å². The average Bonchev–Trinajstić information content (AvgIpc) is 1.84. The van der Waals surface area contributed by atoms with Crippen molar-refractivity contribution in [2.24, 2.45) is 5.73 Å². The van der Waals surface area contributed by atoms with Gasteiger partial charge in [-0.2, -0.15) is 0 Å². The van der Waals surface area contributed by atoms with Crippen molar-refractivity contribution in [2.75, 3.05) is 6.54 Å². The molecule has 1 unspecified atom stereocenters. The van der Waals surface area contributed by atoms with E-state index in [0.717, 1.165) is 13.0 Å². The Morgan fingerprint density at radius 2 is 2.00 bits per heavy atom. The summed E-state index contributed by atoms with van der Waals surface area (Å²) in [4.78, 5) is 0. The van der Waals surface area contributed by atoms with E-state index in [9.17, 15) is 0 Å². The third-order valence-corrected chi connectivity index (χ3v) is 1.97.